The Morgan fingerprint density at radius 3 is 0.909 bits per heavy atom. The Morgan fingerprint density at radius 2 is 0.636 bits per heavy atom. The molecule has 22 heavy (non-hydrogen) atoms. The zero-order valence-corrected chi connectivity index (χ0v) is 15.7. The van der Waals surface area contributed by atoms with Crippen molar-refractivity contribution in [2.75, 3.05) is 26.2 Å². The van der Waals surface area contributed by atoms with Crippen molar-refractivity contribution in [3.8, 4) is 0 Å². The van der Waals surface area contributed by atoms with E-state index in [1.807, 2.05) is 0 Å². The Balaban J connectivity index is 2.91. The highest BCUT2D eigenvalue weighted by molar-refractivity contribution is 4.53. The third-order valence-corrected chi connectivity index (χ3v) is 4.37. The fourth-order valence-corrected chi connectivity index (χ4v) is 2.81. The van der Waals surface area contributed by atoms with Gasteiger partial charge in [-0.15, -0.1) is 0 Å². The van der Waals surface area contributed by atoms with Crippen LogP contribution in [-0.4, -0.2) is 26.2 Å². The summed E-state index contributed by atoms with van der Waals surface area (Å²) in [6, 6.07) is 0. The Kier molecular flexibility index (Phi) is 20.8. The van der Waals surface area contributed by atoms with Crippen LogP contribution < -0.4 is 10.6 Å². The van der Waals surface area contributed by atoms with Gasteiger partial charge in [0.15, 0.2) is 0 Å². The lowest BCUT2D eigenvalue weighted by atomic mass is 10.1. The molecule has 0 aromatic rings. The zero-order chi connectivity index (χ0) is 16.1. The second-order valence-corrected chi connectivity index (χ2v) is 6.74. The van der Waals surface area contributed by atoms with E-state index in [0.717, 1.165) is 0 Å². The Labute approximate surface area is 141 Å². The fourth-order valence-electron chi connectivity index (χ4n) is 2.81. The van der Waals surface area contributed by atoms with Crippen molar-refractivity contribution in [3.05, 3.63) is 0 Å². The van der Waals surface area contributed by atoms with E-state index in [-0.39, 0.29) is 0 Å². The Hall–Kier alpha value is -0.0800. The molecule has 0 amide bonds. The quantitative estimate of drug-likeness (QED) is 0.300. The molecule has 0 aliphatic heterocycles. The van der Waals surface area contributed by atoms with Gasteiger partial charge in [0, 0.05) is 0 Å². The van der Waals surface area contributed by atoms with Crippen molar-refractivity contribution in [2.24, 2.45) is 0 Å². The van der Waals surface area contributed by atoms with Gasteiger partial charge in [-0.25, -0.2) is 0 Å². The molecule has 2 heteroatoms. The molecule has 0 aromatic carbocycles. The van der Waals surface area contributed by atoms with Crippen molar-refractivity contribution in [1.82, 2.24) is 10.6 Å². The number of nitrogens with one attached hydrogen (secondary N) is 2. The van der Waals surface area contributed by atoms with E-state index in [4.69, 9.17) is 0 Å². The predicted octanol–water partition coefficient (Wildman–Crippen LogP) is 5.67. The molecule has 0 fully saturated rings. The lowest BCUT2D eigenvalue weighted by Crippen LogP contribution is -2.17. The maximum atomic E-state index is 3.58. The lowest BCUT2D eigenvalue weighted by molar-refractivity contribution is 0.535. The van der Waals surface area contributed by atoms with Gasteiger partial charge >= 0.3 is 0 Å². The van der Waals surface area contributed by atoms with Crippen LogP contribution >= 0.6 is 0 Å². The molecule has 0 radical (unpaired) electrons. The molecule has 2 N–H and O–H groups in total. The van der Waals surface area contributed by atoms with Gasteiger partial charge in [0.2, 0.25) is 0 Å². The first-order valence-electron chi connectivity index (χ1n) is 10.3. The summed E-state index contributed by atoms with van der Waals surface area (Å²) in [6.45, 7) is 9.45. The van der Waals surface area contributed by atoms with Crippen LogP contribution in [-0.2, 0) is 0 Å². The van der Waals surface area contributed by atoms with E-state index in [9.17, 15) is 0 Å². The van der Waals surface area contributed by atoms with E-state index < -0.39 is 0 Å². The van der Waals surface area contributed by atoms with Crippen LogP contribution in [0.1, 0.15) is 104 Å². The molecule has 134 valence electrons. The van der Waals surface area contributed by atoms with Gasteiger partial charge in [0.05, 0.1) is 0 Å². The van der Waals surface area contributed by atoms with Crippen molar-refractivity contribution < 1.29 is 0 Å². The van der Waals surface area contributed by atoms with Crippen LogP contribution in [0.4, 0.5) is 0 Å². The average molecular weight is 313 g/mol. The number of hydrogen-bond donors (Lipinski definition) is 2. The second kappa shape index (κ2) is 20.9. The monoisotopic (exact) mass is 312 g/mol. The standard InChI is InChI=1S/C20H44N2/c1-3-5-7-9-13-17-21-19-15-11-12-16-20-22-18-14-10-8-6-4-2/h21-22H,3-20H2,1-2H3. The third-order valence-electron chi connectivity index (χ3n) is 4.37. The van der Waals surface area contributed by atoms with Crippen molar-refractivity contribution in [2.45, 2.75) is 104 Å². The second-order valence-electron chi connectivity index (χ2n) is 6.74. The van der Waals surface area contributed by atoms with Gasteiger partial charge in [-0.3, -0.25) is 0 Å². The van der Waals surface area contributed by atoms with Gasteiger partial charge in [0.25, 0.3) is 0 Å². The summed E-state index contributed by atoms with van der Waals surface area (Å²) < 4.78 is 0. The summed E-state index contributed by atoms with van der Waals surface area (Å²) >= 11 is 0. The smallest absolute Gasteiger partial charge is 0.00489 e. The first kappa shape index (κ1) is 21.9. The first-order valence-corrected chi connectivity index (χ1v) is 10.3. The minimum absolute atomic E-state index is 1.22. The average Bonchev–Trinajstić information content (AvgIpc) is 2.54. The minimum atomic E-state index is 1.22. The normalized spacial score (nSPS) is 11.2. The molecular weight excluding hydrogens is 268 g/mol. The molecule has 0 aliphatic carbocycles. The highest BCUT2D eigenvalue weighted by atomic mass is 14.8. The van der Waals surface area contributed by atoms with E-state index in [1.165, 1.54) is 116 Å². The number of rotatable bonds is 19. The van der Waals surface area contributed by atoms with Crippen molar-refractivity contribution in [3.63, 3.8) is 0 Å². The molecule has 0 unspecified atom stereocenters. The maximum Gasteiger partial charge on any atom is -0.00489 e. The largest absolute Gasteiger partial charge is 0.317 e. The summed E-state index contributed by atoms with van der Waals surface area (Å²) in [5.74, 6) is 0. The van der Waals surface area contributed by atoms with Crippen LogP contribution in [0.2, 0.25) is 0 Å². The summed E-state index contributed by atoms with van der Waals surface area (Å²) in [4.78, 5) is 0. The molecule has 0 aromatic heterocycles. The third kappa shape index (κ3) is 19.9. The van der Waals surface area contributed by atoms with E-state index in [0.29, 0.717) is 0 Å². The van der Waals surface area contributed by atoms with Crippen molar-refractivity contribution >= 4 is 0 Å². The maximum absolute atomic E-state index is 3.58. The summed E-state index contributed by atoms with van der Waals surface area (Å²) in [7, 11) is 0. The van der Waals surface area contributed by atoms with Gasteiger partial charge in [-0.2, -0.15) is 0 Å². The molecule has 0 spiro atoms. The zero-order valence-electron chi connectivity index (χ0n) is 15.7. The lowest BCUT2D eigenvalue weighted by Gasteiger charge is -2.06. The van der Waals surface area contributed by atoms with E-state index in [1.54, 1.807) is 0 Å². The van der Waals surface area contributed by atoms with Crippen LogP contribution in [0.25, 0.3) is 0 Å². The summed E-state index contributed by atoms with van der Waals surface area (Å²) in [5.41, 5.74) is 0. The minimum Gasteiger partial charge on any atom is -0.317 e. The molecular formula is C20H44N2. The van der Waals surface area contributed by atoms with Crippen LogP contribution in [0, 0.1) is 0 Å². The van der Waals surface area contributed by atoms with Crippen LogP contribution in [0.5, 0.6) is 0 Å². The number of unbranched alkanes of at least 4 members (excludes halogenated alkanes) is 11. The van der Waals surface area contributed by atoms with E-state index in [2.05, 4.69) is 24.5 Å². The predicted molar refractivity (Wildman–Crippen MR) is 102 cm³/mol. The first-order chi connectivity index (χ1) is 10.9. The Bertz CT molecular complexity index is 163. The molecule has 0 atom stereocenters. The molecule has 0 saturated carbocycles. The van der Waals surface area contributed by atoms with Crippen LogP contribution in [0.15, 0.2) is 0 Å². The summed E-state index contributed by atoms with van der Waals surface area (Å²) in [5, 5.41) is 7.16. The van der Waals surface area contributed by atoms with Gasteiger partial charge in [-0.05, 0) is 51.9 Å². The molecule has 2 nitrogen and oxygen atoms in total. The Morgan fingerprint density at radius 1 is 0.364 bits per heavy atom. The highest BCUT2D eigenvalue weighted by Gasteiger charge is 1.93. The van der Waals surface area contributed by atoms with Crippen molar-refractivity contribution in [1.29, 1.82) is 0 Å². The van der Waals surface area contributed by atoms with Gasteiger partial charge < -0.3 is 10.6 Å². The van der Waals surface area contributed by atoms with Gasteiger partial charge in [-0.1, -0.05) is 78.1 Å². The molecule has 0 rings (SSSR count). The molecule has 0 heterocycles. The van der Waals surface area contributed by atoms with Crippen LogP contribution in [0.3, 0.4) is 0 Å². The summed E-state index contributed by atoms with van der Waals surface area (Å²) in [6.07, 6.45) is 19.4. The SMILES string of the molecule is CCCCCCCNCCCCCCNCCCCCCC. The molecule has 0 saturated heterocycles. The number of hydrogen-bond acceptors (Lipinski definition) is 2. The van der Waals surface area contributed by atoms with E-state index >= 15 is 0 Å². The molecule has 0 aliphatic rings. The fraction of sp³-hybridized carbons (Fsp3) is 1.00. The van der Waals surface area contributed by atoms with Gasteiger partial charge in [0.1, 0.15) is 0 Å². The topological polar surface area (TPSA) is 24.1 Å². The highest BCUT2D eigenvalue weighted by Crippen LogP contribution is 2.03. The molecule has 0 bridgehead atoms.